The summed E-state index contributed by atoms with van der Waals surface area (Å²) in [6.07, 6.45) is -1.23. The Morgan fingerprint density at radius 1 is 1.50 bits per heavy atom. The molecule has 0 radical (unpaired) electrons. The molecule has 0 spiro atoms. The van der Waals surface area contributed by atoms with Gasteiger partial charge in [0.25, 0.3) is 0 Å². The van der Waals surface area contributed by atoms with Crippen LogP contribution in [0.3, 0.4) is 0 Å². The van der Waals surface area contributed by atoms with Crippen molar-refractivity contribution < 1.29 is 14.7 Å². The number of hydrogen-bond acceptors (Lipinski definition) is 4. The van der Waals surface area contributed by atoms with Gasteiger partial charge in [-0.3, -0.25) is 0 Å². The molecule has 1 fully saturated rings. The first-order chi connectivity index (χ1) is 4.79. The Labute approximate surface area is 58.5 Å². The summed E-state index contributed by atoms with van der Waals surface area (Å²) in [5.74, 6) is 0. The third kappa shape index (κ3) is 2.20. The zero-order valence-electron chi connectivity index (χ0n) is 5.54. The van der Waals surface area contributed by atoms with Crippen molar-refractivity contribution in [3.05, 3.63) is 0 Å². The number of rotatable bonds is 1. The van der Waals surface area contributed by atoms with Crippen molar-refractivity contribution in [2.24, 2.45) is 0 Å². The van der Waals surface area contributed by atoms with Crippen LogP contribution in [0.15, 0.2) is 0 Å². The summed E-state index contributed by atoms with van der Waals surface area (Å²) in [6, 6.07) is 0. The molecule has 1 rings (SSSR count). The molecule has 1 aliphatic heterocycles. The minimum absolute atomic E-state index is 0.631. The van der Waals surface area contributed by atoms with Crippen LogP contribution in [0.4, 0.5) is 4.79 Å². The fourth-order valence-electron chi connectivity index (χ4n) is 0.846. The second-order valence-corrected chi connectivity index (χ2v) is 2.04. The monoisotopic (exact) mass is 146 g/mol. The second kappa shape index (κ2) is 3.38. The Morgan fingerprint density at radius 2 is 2.10 bits per heavy atom. The first-order valence-electron chi connectivity index (χ1n) is 3.15. The minimum Gasteiger partial charge on any atom is -0.448 e. The van der Waals surface area contributed by atoms with Crippen LogP contribution < -0.4 is 5.32 Å². The predicted octanol–water partition coefficient (Wildman–Crippen LogP) is -0.499. The van der Waals surface area contributed by atoms with Gasteiger partial charge >= 0.3 is 6.16 Å². The van der Waals surface area contributed by atoms with Gasteiger partial charge in [0.1, 0.15) is 0 Å². The summed E-state index contributed by atoms with van der Waals surface area (Å²) in [7, 11) is 0. The molecule has 0 aromatic heterocycles. The van der Waals surface area contributed by atoms with Crippen molar-refractivity contribution in [1.82, 2.24) is 10.4 Å². The number of hydrogen-bond donors (Lipinski definition) is 2. The van der Waals surface area contributed by atoms with Crippen molar-refractivity contribution in [3.8, 4) is 0 Å². The SMILES string of the molecule is O=C(O)ON1CCNCC1. The van der Waals surface area contributed by atoms with Crippen LogP contribution in [0.25, 0.3) is 0 Å². The van der Waals surface area contributed by atoms with E-state index in [4.69, 9.17) is 5.11 Å². The summed E-state index contributed by atoms with van der Waals surface area (Å²) in [5.41, 5.74) is 0. The molecule has 10 heavy (non-hydrogen) atoms. The fraction of sp³-hybridized carbons (Fsp3) is 0.800. The van der Waals surface area contributed by atoms with Crippen LogP contribution >= 0.6 is 0 Å². The van der Waals surface area contributed by atoms with E-state index in [1.54, 1.807) is 0 Å². The van der Waals surface area contributed by atoms with E-state index in [2.05, 4.69) is 10.2 Å². The van der Waals surface area contributed by atoms with E-state index in [0.29, 0.717) is 13.1 Å². The van der Waals surface area contributed by atoms with Gasteiger partial charge in [-0.15, -0.1) is 5.06 Å². The molecule has 1 saturated heterocycles. The maximum Gasteiger partial charge on any atom is 0.525 e. The number of nitrogens with zero attached hydrogens (tertiary/aromatic N) is 1. The Hall–Kier alpha value is -0.810. The van der Waals surface area contributed by atoms with Crippen LogP contribution in [0, 0.1) is 0 Å². The van der Waals surface area contributed by atoms with E-state index in [-0.39, 0.29) is 0 Å². The molecule has 5 heteroatoms. The molecule has 0 saturated carbocycles. The molecule has 58 valence electrons. The Bertz CT molecular complexity index is 122. The first kappa shape index (κ1) is 7.30. The fourth-order valence-corrected chi connectivity index (χ4v) is 0.846. The largest absolute Gasteiger partial charge is 0.525 e. The average Bonchev–Trinajstić information content (AvgIpc) is 1.88. The smallest absolute Gasteiger partial charge is 0.448 e. The number of carboxylic acid groups (broad SMARTS) is 1. The normalized spacial score (nSPS) is 20.4. The summed E-state index contributed by atoms with van der Waals surface area (Å²) >= 11 is 0. The lowest BCUT2D eigenvalue weighted by Crippen LogP contribution is -2.44. The maximum absolute atomic E-state index is 9.98. The van der Waals surface area contributed by atoms with Crippen molar-refractivity contribution in [3.63, 3.8) is 0 Å². The quantitative estimate of drug-likeness (QED) is 0.522. The molecule has 0 unspecified atom stereocenters. The molecule has 5 nitrogen and oxygen atoms in total. The van der Waals surface area contributed by atoms with Gasteiger partial charge in [0.15, 0.2) is 0 Å². The molecule has 1 heterocycles. The van der Waals surface area contributed by atoms with Crippen molar-refractivity contribution in [2.75, 3.05) is 26.2 Å². The number of piperazine rings is 1. The number of hydroxylamine groups is 2. The van der Waals surface area contributed by atoms with E-state index in [9.17, 15) is 4.79 Å². The number of carbonyl (C=O) groups is 1. The third-order valence-corrected chi connectivity index (χ3v) is 1.28. The van der Waals surface area contributed by atoms with Crippen molar-refractivity contribution in [1.29, 1.82) is 0 Å². The lowest BCUT2D eigenvalue weighted by molar-refractivity contribution is -0.124. The topological polar surface area (TPSA) is 61.8 Å². The molecule has 0 bridgehead atoms. The summed E-state index contributed by atoms with van der Waals surface area (Å²) in [6.45, 7) is 2.83. The van der Waals surface area contributed by atoms with E-state index >= 15 is 0 Å². The molecule has 2 N–H and O–H groups in total. The van der Waals surface area contributed by atoms with Gasteiger partial charge in [0, 0.05) is 26.2 Å². The van der Waals surface area contributed by atoms with Gasteiger partial charge in [-0.2, -0.15) is 0 Å². The third-order valence-electron chi connectivity index (χ3n) is 1.28. The van der Waals surface area contributed by atoms with Gasteiger partial charge in [-0.1, -0.05) is 0 Å². The van der Waals surface area contributed by atoms with E-state index in [0.717, 1.165) is 13.1 Å². The van der Waals surface area contributed by atoms with E-state index < -0.39 is 6.16 Å². The van der Waals surface area contributed by atoms with Crippen LogP contribution in [0.2, 0.25) is 0 Å². The molecule has 0 aromatic carbocycles. The molecule has 0 atom stereocenters. The van der Waals surface area contributed by atoms with Gasteiger partial charge in [0.05, 0.1) is 0 Å². The summed E-state index contributed by atoms with van der Waals surface area (Å²) in [5, 5.41) is 12.7. The lowest BCUT2D eigenvalue weighted by Gasteiger charge is -2.23. The second-order valence-electron chi connectivity index (χ2n) is 2.04. The predicted molar refractivity (Wildman–Crippen MR) is 33.6 cm³/mol. The van der Waals surface area contributed by atoms with E-state index in [1.807, 2.05) is 0 Å². The van der Waals surface area contributed by atoms with Crippen LogP contribution in [0.1, 0.15) is 0 Å². The zero-order chi connectivity index (χ0) is 7.40. The molecule has 0 amide bonds. The average molecular weight is 146 g/mol. The van der Waals surface area contributed by atoms with Gasteiger partial charge in [-0.25, -0.2) is 4.79 Å². The molecular formula is C5H10N2O3. The van der Waals surface area contributed by atoms with Gasteiger partial charge in [0.2, 0.25) is 0 Å². The van der Waals surface area contributed by atoms with Crippen LogP contribution in [-0.4, -0.2) is 42.5 Å². The van der Waals surface area contributed by atoms with Gasteiger partial charge in [-0.05, 0) is 0 Å². The standard InChI is InChI=1S/C5H10N2O3/c8-5(9)10-7-3-1-6-2-4-7/h6H,1-4H2,(H,8,9). The lowest BCUT2D eigenvalue weighted by atomic mass is 10.4. The highest BCUT2D eigenvalue weighted by Crippen LogP contribution is 1.92. The minimum atomic E-state index is -1.23. The van der Waals surface area contributed by atoms with Gasteiger partial charge < -0.3 is 15.3 Å². The summed E-state index contributed by atoms with van der Waals surface area (Å²) < 4.78 is 0. The Morgan fingerprint density at radius 3 is 2.60 bits per heavy atom. The highest BCUT2D eigenvalue weighted by atomic mass is 16.8. The van der Waals surface area contributed by atoms with Crippen LogP contribution in [0.5, 0.6) is 0 Å². The Kier molecular flexibility index (Phi) is 2.47. The first-order valence-corrected chi connectivity index (χ1v) is 3.15. The Balaban J connectivity index is 2.19. The highest BCUT2D eigenvalue weighted by Gasteiger charge is 2.12. The highest BCUT2D eigenvalue weighted by molar-refractivity contribution is 5.56. The maximum atomic E-state index is 9.98. The van der Waals surface area contributed by atoms with E-state index in [1.165, 1.54) is 5.06 Å². The molecule has 0 aromatic rings. The van der Waals surface area contributed by atoms with Crippen molar-refractivity contribution >= 4 is 6.16 Å². The molecule has 0 aliphatic carbocycles. The van der Waals surface area contributed by atoms with Crippen molar-refractivity contribution in [2.45, 2.75) is 0 Å². The summed E-state index contributed by atoms with van der Waals surface area (Å²) in [4.78, 5) is 14.4. The van der Waals surface area contributed by atoms with Crippen LogP contribution in [-0.2, 0) is 4.84 Å². The molecular weight excluding hydrogens is 136 g/mol. The number of nitrogens with one attached hydrogen (secondary N) is 1. The molecule has 1 aliphatic rings. The zero-order valence-corrected chi connectivity index (χ0v) is 5.54.